The van der Waals surface area contributed by atoms with Gasteiger partial charge in [-0.15, -0.1) is 5.10 Å². The molecule has 1 aliphatic rings. The Kier molecular flexibility index (Phi) is 5.27. The third kappa shape index (κ3) is 4.33. The van der Waals surface area contributed by atoms with Gasteiger partial charge in [-0.05, 0) is 36.2 Å². The fourth-order valence-electron chi connectivity index (χ4n) is 3.27. The maximum absolute atomic E-state index is 13.3. The highest BCUT2D eigenvalue weighted by Gasteiger charge is 2.28. The number of carbonyl (C=O) groups is 1. The minimum Gasteiger partial charge on any atom is -0.487 e. The molecule has 1 aliphatic heterocycles. The molecule has 3 heterocycles. The summed E-state index contributed by atoms with van der Waals surface area (Å²) in [5.41, 5.74) is 1.41. The Morgan fingerprint density at radius 1 is 1.25 bits per heavy atom. The van der Waals surface area contributed by atoms with E-state index in [0.29, 0.717) is 25.3 Å². The van der Waals surface area contributed by atoms with Crippen LogP contribution in [-0.4, -0.2) is 43.9 Å². The zero-order chi connectivity index (χ0) is 19.3. The molecule has 7 nitrogen and oxygen atoms in total. The van der Waals surface area contributed by atoms with E-state index in [1.54, 1.807) is 46.2 Å². The summed E-state index contributed by atoms with van der Waals surface area (Å²) in [4.78, 5) is 18.2. The van der Waals surface area contributed by atoms with Crippen LogP contribution in [0.4, 0.5) is 4.39 Å². The van der Waals surface area contributed by atoms with E-state index in [9.17, 15) is 9.18 Å². The van der Waals surface area contributed by atoms with Gasteiger partial charge in [0.25, 0.3) is 0 Å². The average molecular weight is 381 g/mol. The smallest absolute Gasteiger partial charge is 0.227 e. The van der Waals surface area contributed by atoms with Crippen molar-refractivity contribution in [3.8, 4) is 5.75 Å². The Labute approximate surface area is 161 Å². The number of benzene rings is 1. The molecule has 4 rings (SSSR count). The third-order valence-electron chi connectivity index (χ3n) is 4.73. The van der Waals surface area contributed by atoms with Crippen LogP contribution in [-0.2, 0) is 17.8 Å². The molecule has 3 aromatic rings. The Hall–Kier alpha value is -3.29. The molecular weight excluding hydrogens is 361 g/mol. The summed E-state index contributed by atoms with van der Waals surface area (Å²) in [6, 6.07) is 9.81. The van der Waals surface area contributed by atoms with Crippen molar-refractivity contribution >= 4 is 5.91 Å². The molecule has 0 aliphatic carbocycles. The quantitative estimate of drug-likeness (QED) is 0.656. The van der Waals surface area contributed by atoms with Crippen molar-refractivity contribution in [2.75, 3.05) is 13.1 Å². The van der Waals surface area contributed by atoms with Crippen LogP contribution >= 0.6 is 0 Å². The molecule has 0 radical (unpaired) electrons. The fourth-order valence-corrected chi connectivity index (χ4v) is 3.27. The largest absolute Gasteiger partial charge is 0.487 e. The zero-order valence-corrected chi connectivity index (χ0v) is 15.2. The van der Waals surface area contributed by atoms with Crippen molar-refractivity contribution in [3.63, 3.8) is 0 Å². The van der Waals surface area contributed by atoms with E-state index in [1.807, 2.05) is 6.20 Å². The molecular formula is C20H20FN5O2. The van der Waals surface area contributed by atoms with E-state index in [-0.39, 0.29) is 24.2 Å². The van der Waals surface area contributed by atoms with Crippen molar-refractivity contribution in [1.29, 1.82) is 0 Å². The van der Waals surface area contributed by atoms with Crippen molar-refractivity contribution < 1.29 is 13.9 Å². The first-order chi connectivity index (χ1) is 13.7. The van der Waals surface area contributed by atoms with Gasteiger partial charge in [-0.3, -0.25) is 9.78 Å². The second kappa shape index (κ2) is 8.16. The molecule has 0 bridgehead atoms. The van der Waals surface area contributed by atoms with Gasteiger partial charge in [-0.25, -0.2) is 9.07 Å². The van der Waals surface area contributed by atoms with Gasteiger partial charge in [-0.1, -0.05) is 17.3 Å². The zero-order valence-electron chi connectivity index (χ0n) is 15.2. The first-order valence-corrected chi connectivity index (χ1v) is 9.13. The van der Waals surface area contributed by atoms with Gasteiger partial charge in [0.15, 0.2) is 0 Å². The van der Waals surface area contributed by atoms with Crippen LogP contribution in [0.2, 0.25) is 0 Å². The third-order valence-corrected chi connectivity index (χ3v) is 4.73. The SMILES string of the molecule is O=C(Cc1cccc(F)c1)N1CCC(n2cc(COc3ccncc3)nn2)C1. The maximum atomic E-state index is 13.3. The molecule has 144 valence electrons. The van der Waals surface area contributed by atoms with E-state index in [2.05, 4.69) is 15.3 Å². The number of carbonyl (C=O) groups excluding carboxylic acids is 1. The monoisotopic (exact) mass is 381 g/mol. The van der Waals surface area contributed by atoms with Gasteiger partial charge in [-0.2, -0.15) is 0 Å². The Morgan fingerprint density at radius 3 is 2.93 bits per heavy atom. The number of rotatable bonds is 6. The van der Waals surface area contributed by atoms with Crippen LogP contribution in [0.15, 0.2) is 55.0 Å². The number of hydrogen-bond donors (Lipinski definition) is 0. The first-order valence-electron chi connectivity index (χ1n) is 9.13. The van der Waals surface area contributed by atoms with E-state index >= 15 is 0 Å². The second-order valence-electron chi connectivity index (χ2n) is 6.75. The number of aromatic nitrogens is 4. The maximum Gasteiger partial charge on any atom is 0.227 e. The molecule has 0 saturated carbocycles. The van der Waals surface area contributed by atoms with Crippen molar-refractivity contribution in [2.45, 2.75) is 25.5 Å². The van der Waals surface area contributed by atoms with Crippen LogP contribution < -0.4 is 4.74 Å². The van der Waals surface area contributed by atoms with Gasteiger partial charge < -0.3 is 9.64 Å². The van der Waals surface area contributed by atoms with Crippen molar-refractivity contribution in [1.82, 2.24) is 24.9 Å². The van der Waals surface area contributed by atoms with Crippen molar-refractivity contribution in [3.05, 3.63) is 72.1 Å². The predicted octanol–water partition coefficient (Wildman–Crippen LogP) is 2.41. The number of amides is 1. The summed E-state index contributed by atoms with van der Waals surface area (Å²) in [6.45, 7) is 1.54. The van der Waals surface area contributed by atoms with Gasteiger partial charge in [0.2, 0.25) is 5.91 Å². The highest BCUT2D eigenvalue weighted by molar-refractivity contribution is 5.79. The molecule has 1 saturated heterocycles. The van der Waals surface area contributed by atoms with E-state index in [0.717, 1.165) is 17.9 Å². The fraction of sp³-hybridized carbons (Fsp3) is 0.300. The van der Waals surface area contributed by atoms with Gasteiger partial charge >= 0.3 is 0 Å². The van der Waals surface area contributed by atoms with Gasteiger partial charge in [0.1, 0.15) is 23.9 Å². The molecule has 0 spiro atoms. The molecule has 0 N–H and O–H groups in total. The number of pyridine rings is 1. The lowest BCUT2D eigenvalue weighted by Gasteiger charge is -2.16. The summed E-state index contributed by atoms with van der Waals surface area (Å²) >= 11 is 0. The van der Waals surface area contributed by atoms with Crippen LogP contribution in [0.25, 0.3) is 0 Å². The van der Waals surface area contributed by atoms with E-state index in [1.165, 1.54) is 12.1 Å². The van der Waals surface area contributed by atoms with Crippen LogP contribution in [0.5, 0.6) is 5.75 Å². The summed E-state index contributed by atoms with van der Waals surface area (Å²) in [6.07, 6.45) is 6.20. The highest BCUT2D eigenvalue weighted by Crippen LogP contribution is 2.22. The molecule has 1 amide bonds. The van der Waals surface area contributed by atoms with Crippen molar-refractivity contribution in [2.24, 2.45) is 0 Å². The van der Waals surface area contributed by atoms with Crippen LogP contribution in [0.3, 0.4) is 0 Å². The van der Waals surface area contributed by atoms with Gasteiger partial charge in [0.05, 0.1) is 18.7 Å². The lowest BCUT2D eigenvalue weighted by atomic mass is 10.1. The predicted molar refractivity (Wildman–Crippen MR) is 98.9 cm³/mol. The summed E-state index contributed by atoms with van der Waals surface area (Å²) in [5, 5.41) is 8.34. The molecule has 2 aromatic heterocycles. The first kappa shape index (κ1) is 18.1. The molecule has 28 heavy (non-hydrogen) atoms. The number of ether oxygens (including phenoxy) is 1. The Morgan fingerprint density at radius 2 is 2.11 bits per heavy atom. The summed E-state index contributed by atoms with van der Waals surface area (Å²) in [5.74, 6) is 0.391. The highest BCUT2D eigenvalue weighted by atomic mass is 19.1. The van der Waals surface area contributed by atoms with Crippen LogP contribution in [0.1, 0.15) is 23.7 Å². The number of hydrogen-bond acceptors (Lipinski definition) is 5. The average Bonchev–Trinajstić information content (AvgIpc) is 3.37. The lowest BCUT2D eigenvalue weighted by Crippen LogP contribution is -2.30. The lowest BCUT2D eigenvalue weighted by molar-refractivity contribution is -0.129. The molecule has 1 unspecified atom stereocenters. The van der Waals surface area contributed by atoms with Gasteiger partial charge in [0, 0.05) is 25.5 Å². The summed E-state index contributed by atoms with van der Waals surface area (Å²) < 4.78 is 20.7. The summed E-state index contributed by atoms with van der Waals surface area (Å²) in [7, 11) is 0. The minimum absolute atomic E-state index is 0.00513. The normalized spacial score (nSPS) is 16.3. The van der Waals surface area contributed by atoms with E-state index in [4.69, 9.17) is 4.74 Å². The Balaban J connectivity index is 1.31. The Bertz CT molecular complexity index is 947. The second-order valence-corrected chi connectivity index (χ2v) is 6.75. The van der Waals surface area contributed by atoms with E-state index < -0.39 is 0 Å². The number of likely N-dealkylation sites (tertiary alicyclic amines) is 1. The minimum atomic E-state index is -0.325. The molecule has 1 fully saturated rings. The topological polar surface area (TPSA) is 73.1 Å². The number of halogens is 1. The van der Waals surface area contributed by atoms with Crippen LogP contribution in [0, 0.1) is 5.82 Å². The molecule has 8 heteroatoms. The standard InChI is InChI=1S/C20H20FN5O2/c21-16-3-1-2-15(10-16)11-20(27)25-9-6-18(13-25)26-12-17(23-24-26)14-28-19-4-7-22-8-5-19/h1-5,7-8,10,12,18H,6,9,11,13-14H2. The molecule has 1 atom stereocenters. The number of nitrogens with zero attached hydrogens (tertiary/aromatic N) is 5. The molecule has 1 aromatic carbocycles.